The lowest BCUT2D eigenvalue weighted by molar-refractivity contribution is -0.120. The molecule has 1 aromatic heterocycles. The number of benzene rings is 1. The lowest BCUT2D eigenvalue weighted by Crippen LogP contribution is -2.41. The van der Waals surface area contributed by atoms with E-state index >= 15 is 0 Å². The molecule has 0 radical (unpaired) electrons. The standard InChI is InChI=1S/C19H24Cl2N4O3S3/c1-12(2)10-29-19-24-23-18(30-19)22-17(26)13-6-8-25(9-7-13)31(27,28)11-14-15(20)4-3-5-16(14)21/h3-5,12-13H,6-11H2,1-2H3,(H,22,23,26). The molecule has 1 aliphatic rings. The number of aromatic nitrogens is 2. The first kappa shape index (κ1) is 24.7. The number of piperidine rings is 1. The second kappa shape index (κ2) is 10.8. The molecule has 7 nitrogen and oxygen atoms in total. The molecule has 1 saturated heterocycles. The smallest absolute Gasteiger partial charge is 0.229 e. The molecule has 31 heavy (non-hydrogen) atoms. The highest BCUT2D eigenvalue weighted by Crippen LogP contribution is 2.30. The lowest BCUT2D eigenvalue weighted by Gasteiger charge is -2.30. The van der Waals surface area contributed by atoms with Gasteiger partial charge in [0, 0.05) is 40.4 Å². The van der Waals surface area contributed by atoms with Crippen LogP contribution in [0.25, 0.3) is 0 Å². The maximum atomic E-state index is 12.8. The molecule has 0 spiro atoms. The Morgan fingerprint density at radius 3 is 2.52 bits per heavy atom. The van der Waals surface area contributed by atoms with Crippen LogP contribution in [0.1, 0.15) is 32.3 Å². The molecule has 0 saturated carbocycles. The zero-order valence-corrected chi connectivity index (χ0v) is 21.1. The number of nitrogens with zero attached hydrogens (tertiary/aromatic N) is 3. The lowest BCUT2D eigenvalue weighted by atomic mass is 9.97. The largest absolute Gasteiger partial charge is 0.300 e. The highest BCUT2D eigenvalue weighted by Gasteiger charge is 2.32. The Labute approximate surface area is 201 Å². The average molecular weight is 524 g/mol. The van der Waals surface area contributed by atoms with Gasteiger partial charge >= 0.3 is 0 Å². The molecule has 0 unspecified atom stereocenters. The number of hydrogen-bond donors (Lipinski definition) is 1. The molecule has 1 amide bonds. The summed E-state index contributed by atoms with van der Waals surface area (Å²) in [5.41, 5.74) is 0.396. The Bertz CT molecular complexity index is 1000. The summed E-state index contributed by atoms with van der Waals surface area (Å²) in [5.74, 6) is 0.801. The van der Waals surface area contributed by atoms with Gasteiger partial charge in [0.2, 0.25) is 21.1 Å². The van der Waals surface area contributed by atoms with Crippen molar-refractivity contribution in [3.63, 3.8) is 0 Å². The van der Waals surface area contributed by atoms with Crippen LogP contribution in [0, 0.1) is 11.8 Å². The average Bonchev–Trinajstić information content (AvgIpc) is 3.17. The quantitative estimate of drug-likeness (QED) is 0.396. The number of anilines is 1. The SMILES string of the molecule is CC(C)CSc1nnc(NC(=O)C2CCN(S(=O)(=O)Cc3c(Cl)cccc3Cl)CC2)s1. The van der Waals surface area contributed by atoms with Gasteiger partial charge in [0.05, 0.1) is 5.75 Å². The molecule has 1 aromatic carbocycles. The van der Waals surface area contributed by atoms with Crippen molar-refractivity contribution in [2.75, 3.05) is 24.2 Å². The third-order valence-corrected chi connectivity index (χ3v) is 9.70. The number of halogens is 2. The van der Waals surface area contributed by atoms with Crippen LogP contribution in [0.2, 0.25) is 10.0 Å². The van der Waals surface area contributed by atoms with E-state index in [1.54, 1.807) is 30.0 Å². The number of rotatable bonds is 8. The van der Waals surface area contributed by atoms with Crippen molar-refractivity contribution in [2.24, 2.45) is 11.8 Å². The summed E-state index contributed by atoms with van der Waals surface area (Å²) >= 11 is 15.2. The fourth-order valence-corrected chi connectivity index (χ4v) is 7.15. The molecule has 12 heteroatoms. The monoisotopic (exact) mass is 522 g/mol. The van der Waals surface area contributed by atoms with Crippen LogP contribution in [-0.2, 0) is 20.6 Å². The fraction of sp³-hybridized carbons (Fsp3) is 0.526. The topological polar surface area (TPSA) is 92.3 Å². The summed E-state index contributed by atoms with van der Waals surface area (Å²) in [6, 6.07) is 4.92. The molecule has 3 rings (SSSR count). The molecule has 1 fully saturated rings. The van der Waals surface area contributed by atoms with E-state index in [0.29, 0.717) is 39.5 Å². The summed E-state index contributed by atoms with van der Waals surface area (Å²) < 4.78 is 27.9. The van der Waals surface area contributed by atoms with Gasteiger partial charge in [0.15, 0.2) is 4.34 Å². The number of carbonyl (C=O) groups is 1. The van der Waals surface area contributed by atoms with Gasteiger partial charge in [0.25, 0.3) is 0 Å². The van der Waals surface area contributed by atoms with Crippen molar-refractivity contribution < 1.29 is 13.2 Å². The molecule has 1 aliphatic heterocycles. The van der Waals surface area contributed by atoms with Gasteiger partial charge in [-0.1, -0.05) is 66.2 Å². The second-order valence-electron chi connectivity index (χ2n) is 7.70. The zero-order valence-electron chi connectivity index (χ0n) is 17.2. The number of thioether (sulfide) groups is 1. The minimum atomic E-state index is -3.59. The number of hydrogen-bond acceptors (Lipinski definition) is 7. The van der Waals surface area contributed by atoms with Gasteiger partial charge in [-0.25, -0.2) is 12.7 Å². The van der Waals surface area contributed by atoms with E-state index in [0.717, 1.165) is 10.1 Å². The number of amides is 1. The predicted molar refractivity (Wildman–Crippen MR) is 127 cm³/mol. The zero-order chi connectivity index (χ0) is 22.6. The molecular formula is C19H24Cl2N4O3S3. The van der Waals surface area contributed by atoms with Crippen molar-refractivity contribution in [2.45, 2.75) is 36.8 Å². The molecule has 0 aliphatic carbocycles. The molecular weight excluding hydrogens is 499 g/mol. The van der Waals surface area contributed by atoms with E-state index in [1.807, 2.05) is 0 Å². The third kappa shape index (κ3) is 6.79. The van der Waals surface area contributed by atoms with Crippen molar-refractivity contribution in [1.82, 2.24) is 14.5 Å². The molecule has 0 bridgehead atoms. The first-order valence-corrected chi connectivity index (χ1v) is 14.0. The highest BCUT2D eigenvalue weighted by molar-refractivity contribution is 8.01. The van der Waals surface area contributed by atoms with Crippen molar-refractivity contribution >= 4 is 67.4 Å². The fourth-order valence-electron chi connectivity index (χ4n) is 3.10. The number of nitrogens with one attached hydrogen (secondary N) is 1. The summed E-state index contributed by atoms with van der Waals surface area (Å²) in [6.45, 7) is 4.81. The maximum Gasteiger partial charge on any atom is 0.229 e. The summed E-state index contributed by atoms with van der Waals surface area (Å²) in [4.78, 5) is 12.6. The van der Waals surface area contributed by atoms with E-state index in [-0.39, 0.29) is 30.7 Å². The first-order chi connectivity index (χ1) is 14.7. The van der Waals surface area contributed by atoms with Crippen LogP contribution in [0.15, 0.2) is 22.5 Å². The van der Waals surface area contributed by atoms with Crippen LogP contribution in [0.5, 0.6) is 0 Å². The molecule has 2 heterocycles. The Balaban J connectivity index is 1.53. The maximum absolute atomic E-state index is 12.8. The summed E-state index contributed by atoms with van der Waals surface area (Å²) in [7, 11) is -3.59. The van der Waals surface area contributed by atoms with Crippen molar-refractivity contribution in [3.05, 3.63) is 33.8 Å². The molecule has 2 aromatic rings. The minimum Gasteiger partial charge on any atom is -0.300 e. The Morgan fingerprint density at radius 1 is 1.26 bits per heavy atom. The third-order valence-electron chi connectivity index (χ3n) is 4.78. The van der Waals surface area contributed by atoms with Crippen molar-refractivity contribution in [1.29, 1.82) is 0 Å². The van der Waals surface area contributed by atoms with Gasteiger partial charge in [-0.3, -0.25) is 4.79 Å². The Morgan fingerprint density at radius 2 is 1.90 bits per heavy atom. The number of carbonyl (C=O) groups excluding carboxylic acids is 1. The molecule has 170 valence electrons. The van der Waals surface area contributed by atoms with E-state index in [1.165, 1.54) is 15.6 Å². The first-order valence-electron chi connectivity index (χ1n) is 9.83. The van der Waals surface area contributed by atoms with Gasteiger partial charge in [-0.15, -0.1) is 10.2 Å². The van der Waals surface area contributed by atoms with E-state index < -0.39 is 10.0 Å². The molecule has 0 atom stereocenters. The van der Waals surface area contributed by atoms with E-state index in [2.05, 4.69) is 29.4 Å². The van der Waals surface area contributed by atoms with Crippen LogP contribution in [0.4, 0.5) is 5.13 Å². The van der Waals surface area contributed by atoms with Crippen LogP contribution < -0.4 is 5.32 Å². The molecule has 1 N–H and O–H groups in total. The van der Waals surface area contributed by atoms with E-state index in [4.69, 9.17) is 23.2 Å². The van der Waals surface area contributed by atoms with Crippen LogP contribution in [-0.4, -0.2) is 47.7 Å². The van der Waals surface area contributed by atoms with Crippen molar-refractivity contribution in [3.8, 4) is 0 Å². The van der Waals surface area contributed by atoms with Gasteiger partial charge < -0.3 is 5.32 Å². The Hall–Kier alpha value is -0.910. The van der Waals surface area contributed by atoms with Gasteiger partial charge in [-0.2, -0.15) is 0 Å². The predicted octanol–water partition coefficient (Wildman–Crippen LogP) is 4.77. The second-order valence-corrected chi connectivity index (χ2v) is 12.7. The Kier molecular flexibility index (Phi) is 8.62. The summed E-state index contributed by atoms with van der Waals surface area (Å²) in [6.07, 6.45) is 0.879. The van der Waals surface area contributed by atoms with Crippen LogP contribution >= 0.6 is 46.3 Å². The number of sulfonamides is 1. The van der Waals surface area contributed by atoms with E-state index in [9.17, 15) is 13.2 Å². The van der Waals surface area contributed by atoms with Crippen LogP contribution in [0.3, 0.4) is 0 Å². The van der Waals surface area contributed by atoms with Gasteiger partial charge in [0.1, 0.15) is 0 Å². The van der Waals surface area contributed by atoms with Gasteiger partial charge in [-0.05, 0) is 30.9 Å². The normalized spacial score (nSPS) is 16.0. The highest BCUT2D eigenvalue weighted by atomic mass is 35.5. The summed E-state index contributed by atoms with van der Waals surface area (Å²) in [5, 5.41) is 12.1. The minimum absolute atomic E-state index is 0.150.